The van der Waals surface area contributed by atoms with E-state index in [1.165, 1.54) is 0 Å². The summed E-state index contributed by atoms with van der Waals surface area (Å²) in [6.45, 7) is -0.166. The lowest BCUT2D eigenvalue weighted by molar-refractivity contribution is -0.139. The van der Waals surface area contributed by atoms with Crippen LogP contribution in [0.25, 0.3) is 0 Å². The monoisotopic (exact) mass is 518 g/mol. The molecule has 1 aromatic carbocycles. The number of imide groups is 1. The van der Waals surface area contributed by atoms with Crippen molar-refractivity contribution in [3.05, 3.63) is 35.9 Å². The van der Waals surface area contributed by atoms with Gasteiger partial charge < -0.3 is 31.1 Å². The molecule has 16 nitrogen and oxygen atoms in total. The number of carboxylic acids is 1. The van der Waals surface area contributed by atoms with Crippen LogP contribution in [0.3, 0.4) is 0 Å². The first-order valence-electron chi connectivity index (χ1n) is 11.1. The first-order chi connectivity index (χ1) is 17.7. The van der Waals surface area contributed by atoms with Gasteiger partial charge in [-0.25, -0.2) is 14.4 Å². The molecule has 198 valence electrons. The number of carboxylic acid groups (broad SMARTS) is 1. The Morgan fingerprint density at radius 1 is 1.16 bits per heavy atom. The second-order valence-corrected chi connectivity index (χ2v) is 7.86. The Balaban J connectivity index is 1.41. The third-order valence-electron chi connectivity index (χ3n) is 5.10. The van der Waals surface area contributed by atoms with Crippen LogP contribution in [0.5, 0.6) is 0 Å². The van der Waals surface area contributed by atoms with Crippen molar-refractivity contribution in [2.75, 3.05) is 26.2 Å². The molecule has 2 aliphatic rings. The Hall–Kier alpha value is -4.89. The number of carbonyl (C=O) groups is 6. The van der Waals surface area contributed by atoms with Gasteiger partial charge in [0.05, 0.1) is 13.0 Å². The van der Waals surface area contributed by atoms with E-state index in [4.69, 9.17) is 4.74 Å². The Labute approximate surface area is 210 Å². The van der Waals surface area contributed by atoms with Crippen LogP contribution >= 0.6 is 0 Å². The van der Waals surface area contributed by atoms with Gasteiger partial charge >= 0.3 is 18.1 Å². The van der Waals surface area contributed by atoms with Crippen molar-refractivity contribution in [3.8, 4) is 0 Å². The quantitative estimate of drug-likeness (QED) is 0.126. The number of aliphatic carboxylic acids is 1. The summed E-state index contributed by atoms with van der Waals surface area (Å²) in [6, 6.07) is 5.11. The fourth-order valence-corrected chi connectivity index (χ4v) is 3.23. The van der Waals surface area contributed by atoms with E-state index in [0.717, 1.165) is 0 Å². The van der Waals surface area contributed by atoms with Crippen LogP contribution < -0.4 is 32.1 Å². The van der Waals surface area contributed by atoms with E-state index < -0.39 is 61.0 Å². The Morgan fingerprint density at radius 3 is 2.59 bits per heavy atom. The topological polar surface area (TPSA) is 220 Å². The summed E-state index contributed by atoms with van der Waals surface area (Å²) in [5.74, 6) is -3.33. The van der Waals surface area contributed by atoms with E-state index in [1.54, 1.807) is 30.3 Å². The largest absolute Gasteiger partial charge is 0.480 e. The Kier molecular flexibility index (Phi) is 9.17. The average Bonchev–Trinajstić information content (AvgIpc) is 3.48. The van der Waals surface area contributed by atoms with Gasteiger partial charge in [-0.15, -0.1) is 0 Å². The minimum absolute atomic E-state index is 0.0849. The lowest BCUT2D eigenvalue weighted by Crippen LogP contribution is -2.50. The Morgan fingerprint density at radius 2 is 1.92 bits per heavy atom. The zero-order chi connectivity index (χ0) is 26.8. The summed E-state index contributed by atoms with van der Waals surface area (Å²) in [6.07, 6.45) is -1.40. The number of carbonyl (C=O) groups excluding carboxylic acids is 5. The van der Waals surface area contributed by atoms with Crippen LogP contribution in [-0.4, -0.2) is 90.0 Å². The van der Waals surface area contributed by atoms with E-state index in [-0.39, 0.29) is 13.0 Å². The summed E-state index contributed by atoms with van der Waals surface area (Å²) in [7, 11) is 0. The van der Waals surface area contributed by atoms with Gasteiger partial charge in [0, 0.05) is 13.1 Å². The first kappa shape index (κ1) is 26.7. The summed E-state index contributed by atoms with van der Waals surface area (Å²) >= 11 is 0. The smallest absolute Gasteiger partial charge is 0.408 e. The van der Waals surface area contributed by atoms with Crippen molar-refractivity contribution in [2.45, 2.75) is 25.1 Å². The fraction of sp³-hybridized carbons (Fsp3) is 0.381. The van der Waals surface area contributed by atoms with Gasteiger partial charge in [0.1, 0.15) is 25.2 Å². The number of rotatable bonds is 10. The van der Waals surface area contributed by atoms with Crippen LogP contribution in [-0.2, 0) is 30.5 Å². The number of nitrogens with one attached hydrogen (secondary N) is 6. The lowest BCUT2D eigenvalue weighted by Gasteiger charge is -2.17. The number of hydrazine groups is 1. The van der Waals surface area contributed by atoms with Gasteiger partial charge in [-0.3, -0.25) is 35.1 Å². The predicted octanol–water partition coefficient (Wildman–Crippen LogP) is -2.63. The molecule has 1 aromatic rings. The second-order valence-electron chi connectivity index (χ2n) is 7.86. The average molecular weight is 518 g/mol. The van der Waals surface area contributed by atoms with Gasteiger partial charge in [-0.1, -0.05) is 30.3 Å². The molecule has 37 heavy (non-hydrogen) atoms. The maximum atomic E-state index is 12.5. The van der Waals surface area contributed by atoms with Gasteiger partial charge in [0.25, 0.3) is 5.91 Å². The van der Waals surface area contributed by atoms with Gasteiger partial charge in [0.2, 0.25) is 17.8 Å². The summed E-state index contributed by atoms with van der Waals surface area (Å²) in [5.41, 5.74) is 5.57. The zero-order valence-electron chi connectivity index (χ0n) is 19.5. The molecule has 2 heterocycles. The highest BCUT2D eigenvalue weighted by Crippen LogP contribution is 2.09. The van der Waals surface area contributed by atoms with Crippen molar-refractivity contribution < 1.29 is 38.6 Å². The molecule has 2 aliphatic heterocycles. The van der Waals surface area contributed by atoms with Crippen molar-refractivity contribution >= 4 is 41.8 Å². The van der Waals surface area contributed by atoms with E-state index >= 15 is 0 Å². The van der Waals surface area contributed by atoms with E-state index in [2.05, 4.69) is 37.1 Å². The third-order valence-corrected chi connectivity index (χ3v) is 5.10. The number of aliphatic imine (C=N–C) groups is 1. The third kappa shape index (κ3) is 8.08. The number of amides is 6. The van der Waals surface area contributed by atoms with E-state index in [0.29, 0.717) is 29.5 Å². The molecule has 0 aromatic heterocycles. The maximum Gasteiger partial charge on any atom is 0.408 e. The molecular formula is C21H26N8O8. The van der Waals surface area contributed by atoms with Crippen LogP contribution in [0.4, 0.5) is 9.59 Å². The summed E-state index contributed by atoms with van der Waals surface area (Å²) in [5, 5.41) is 18.9. The van der Waals surface area contributed by atoms with Crippen LogP contribution in [0.15, 0.2) is 35.3 Å². The number of guanidine groups is 1. The molecule has 1 unspecified atom stereocenters. The molecule has 0 spiro atoms. The molecule has 0 saturated carbocycles. The van der Waals surface area contributed by atoms with Crippen LogP contribution in [0.2, 0.25) is 0 Å². The SMILES string of the molecule is O=C(CN1C(=O)N[C@@H](CC(=O)NNC2=NCCN2)C1=O)NCC(NC(=O)OCc1ccccc1)C(=O)O. The molecular weight excluding hydrogens is 492 g/mol. The fourth-order valence-electron chi connectivity index (χ4n) is 3.23. The van der Waals surface area contributed by atoms with Gasteiger partial charge in [-0.2, -0.15) is 0 Å². The number of alkyl carbamates (subject to hydrolysis) is 1. The first-order valence-corrected chi connectivity index (χ1v) is 11.1. The number of hydrogen-bond acceptors (Lipinski definition) is 10. The molecule has 16 heteroatoms. The van der Waals surface area contributed by atoms with Crippen LogP contribution in [0, 0.1) is 0 Å². The molecule has 7 N–H and O–H groups in total. The van der Waals surface area contributed by atoms with Crippen LogP contribution in [0.1, 0.15) is 12.0 Å². The number of hydrogen-bond donors (Lipinski definition) is 7. The number of ether oxygens (including phenoxy) is 1. The normalized spacial score (nSPS) is 17.1. The Bertz CT molecular complexity index is 1080. The molecule has 0 aliphatic carbocycles. The molecule has 1 fully saturated rings. The van der Waals surface area contributed by atoms with Crippen molar-refractivity contribution in [1.29, 1.82) is 0 Å². The molecule has 6 amide bonds. The highest BCUT2D eigenvalue weighted by atomic mass is 16.5. The molecule has 2 atom stereocenters. The summed E-state index contributed by atoms with van der Waals surface area (Å²) < 4.78 is 4.96. The predicted molar refractivity (Wildman–Crippen MR) is 124 cm³/mol. The minimum Gasteiger partial charge on any atom is -0.480 e. The van der Waals surface area contributed by atoms with Gasteiger partial charge in [0.15, 0.2) is 0 Å². The van der Waals surface area contributed by atoms with E-state index in [9.17, 15) is 33.9 Å². The highest BCUT2D eigenvalue weighted by Gasteiger charge is 2.40. The second kappa shape index (κ2) is 12.7. The number of benzene rings is 1. The standard InChI is InChI=1S/C21H26N8O8/c30-15(27-28-19-22-6-7-23-19)8-13-17(32)29(20(35)25-13)10-16(31)24-9-14(18(33)34)26-21(36)37-11-12-4-2-1-3-5-12/h1-5,13-14H,6-11H2,(H,24,31)(H,25,35)(H,26,36)(H,27,30)(H,33,34)(H2,22,23,28)/t13-,14?/m0/s1. The van der Waals surface area contributed by atoms with Crippen molar-refractivity contribution in [1.82, 2.24) is 37.0 Å². The van der Waals surface area contributed by atoms with Crippen molar-refractivity contribution in [3.63, 3.8) is 0 Å². The van der Waals surface area contributed by atoms with E-state index in [1.807, 2.05) is 0 Å². The molecule has 0 bridgehead atoms. The zero-order valence-corrected chi connectivity index (χ0v) is 19.5. The minimum atomic E-state index is -1.53. The number of nitrogens with zero attached hydrogens (tertiary/aromatic N) is 2. The molecule has 3 rings (SSSR count). The molecule has 1 saturated heterocycles. The van der Waals surface area contributed by atoms with Crippen molar-refractivity contribution in [2.24, 2.45) is 4.99 Å². The lowest BCUT2D eigenvalue weighted by atomic mass is 10.2. The highest BCUT2D eigenvalue weighted by molar-refractivity contribution is 6.08. The summed E-state index contributed by atoms with van der Waals surface area (Å²) in [4.78, 5) is 76.9. The maximum absolute atomic E-state index is 12.5. The number of urea groups is 1. The molecule has 0 radical (unpaired) electrons. The van der Waals surface area contributed by atoms with Gasteiger partial charge in [-0.05, 0) is 5.56 Å².